The monoisotopic (exact) mass is 218 g/mol. The van der Waals surface area contributed by atoms with E-state index in [4.69, 9.17) is 5.11 Å². The second kappa shape index (κ2) is 3.19. The zero-order valence-electron chi connectivity index (χ0n) is 8.45. The molecule has 6 heteroatoms. The topological polar surface area (TPSA) is 70.7 Å². The molecule has 2 aromatic rings. The van der Waals surface area contributed by atoms with Crippen LogP contribution in [0.15, 0.2) is 24.5 Å². The normalized spacial score (nSPS) is 16.4. The lowest BCUT2D eigenvalue weighted by Crippen LogP contribution is -2.50. The van der Waals surface area contributed by atoms with Crippen LogP contribution in [-0.4, -0.2) is 38.8 Å². The summed E-state index contributed by atoms with van der Waals surface area (Å²) in [5.41, 5.74) is 0.774. The maximum absolute atomic E-state index is 10.7. The number of rotatable bonds is 2. The molecule has 0 amide bonds. The van der Waals surface area contributed by atoms with Crippen LogP contribution in [-0.2, 0) is 4.79 Å². The molecule has 82 valence electrons. The lowest BCUT2D eigenvalue weighted by atomic mass is 10.0. The van der Waals surface area contributed by atoms with Gasteiger partial charge in [0.05, 0.1) is 12.1 Å². The summed E-state index contributed by atoms with van der Waals surface area (Å²) in [7, 11) is 0. The maximum atomic E-state index is 10.7. The van der Waals surface area contributed by atoms with Crippen LogP contribution in [0.25, 0.3) is 5.65 Å². The molecule has 3 rings (SSSR count). The predicted octanol–water partition coefficient (Wildman–Crippen LogP) is 0.250. The van der Waals surface area contributed by atoms with Gasteiger partial charge in [0.2, 0.25) is 0 Å². The third-order valence-corrected chi connectivity index (χ3v) is 2.80. The number of aromatic nitrogens is 3. The van der Waals surface area contributed by atoms with Crippen molar-refractivity contribution < 1.29 is 9.90 Å². The van der Waals surface area contributed by atoms with Gasteiger partial charge in [-0.2, -0.15) is 5.10 Å². The van der Waals surface area contributed by atoms with Gasteiger partial charge in [-0.3, -0.25) is 4.79 Å². The molecule has 0 atom stereocenters. The van der Waals surface area contributed by atoms with Crippen molar-refractivity contribution in [1.82, 2.24) is 14.6 Å². The zero-order chi connectivity index (χ0) is 11.1. The highest BCUT2D eigenvalue weighted by Gasteiger charge is 2.33. The van der Waals surface area contributed by atoms with Crippen LogP contribution < -0.4 is 4.90 Å². The second-order valence-corrected chi connectivity index (χ2v) is 3.86. The van der Waals surface area contributed by atoms with Crippen LogP contribution in [0.5, 0.6) is 0 Å². The Morgan fingerprint density at radius 1 is 1.44 bits per heavy atom. The number of nitrogens with zero attached hydrogens (tertiary/aromatic N) is 4. The summed E-state index contributed by atoms with van der Waals surface area (Å²) in [5, 5.41) is 12.8. The Morgan fingerprint density at radius 2 is 2.25 bits per heavy atom. The van der Waals surface area contributed by atoms with Gasteiger partial charge in [0.25, 0.3) is 0 Å². The molecule has 16 heavy (non-hydrogen) atoms. The van der Waals surface area contributed by atoms with Gasteiger partial charge >= 0.3 is 5.97 Å². The van der Waals surface area contributed by atoms with Gasteiger partial charge in [-0.15, -0.1) is 0 Å². The molecule has 0 radical (unpaired) electrons. The van der Waals surface area contributed by atoms with Gasteiger partial charge in [0.1, 0.15) is 5.82 Å². The Bertz CT molecular complexity index is 544. The van der Waals surface area contributed by atoms with Crippen LogP contribution in [0.2, 0.25) is 0 Å². The number of carbonyl (C=O) groups is 1. The largest absolute Gasteiger partial charge is 0.481 e. The Labute approximate surface area is 91.1 Å². The number of carboxylic acid groups (broad SMARTS) is 1. The van der Waals surface area contributed by atoms with E-state index < -0.39 is 5.97 Å². The molecule has 2 aromatic heterocycles. The highest BCUT2D eigenvalue weighted by Crippen LogP contribution is 2.22. The van der Waals surface area contributed by atoms with E-state index in [0.29, 0.717) is 13.1 Å². The first-order valence-corrected chi connectivity index (χ1v) is 5.02. The standard InChI is InChI=1S/C10H10N4O2/c15-10(16)7-5-13(6-7)8-2-4-14-9(12-8)1-3-11-14/h1-4,7H,5-6H2,(H,15,16). The minimum Gasteiger partial charge on any atom is -0.481 e. The van der Waals surface area contributed by atoms with Crippen LogP contribution in [0.3, 0.4) is 0 Å². The Morgan fingerprint density at radius 3 is 3.00 bits per heavy atom. The Kier molecular flexibility index (Phi) is 1.82. The molecule has 3 heterocycles. The van der Waals surface area contributed by atoms with Crippen molar-refractivity contribution in [2.24, 2.45) is 5.92 Å². The average Bonchev–Trinajstić information content (AvgIpc) is 2.61. The van der Waals surface area contributed by atoms with E-state index in [-0.39, 0.29) is 5.92 Å². The van der Waals surface area contributed by atoms with Crippen molar-refractivity contribution in [3.8, 4) is 0 Å². The molecule has 0 saturated carbocycles. The summed E-state index contributed by atoms with van der Waals surface area (Å²) in [6, 6.07) is 3.66. The first-order chi connectivity index (χ1) is 7.74. The molecule has 0 aliphatic carbocycles. The third-order valence-electron chi connectivity index (χ3n) is 2.80. The highest BCUT2D eigenvalue weighted by molar-refractivity contribution is 5.74. The molecule has 1 saturated heterocycles. The predicted molar refractivity (Wildman–Crippen MR) is 56.3 cm³/mol. The zero-order valence-corrected chi connectivity index (χ0v) is 8.45. The van der Waals surface area contributed by atoms with E-state index in [1.54, 1.807) is 10.7 Å². The summed E-state index contributed by atoms with van der Waals surface area (Å²) >= 11 is 0. The quantitative estimate of drug-likeness (QED) is 0.782. The van der Waals surface area contributed by atoms with Crippen LogP contribution in [0.4, 0.5) is 5.82 Å². The molecular formula is C10H10N4O2. The second-order valence-electron chi connectivity index (χ2n) is 3.86. The lowest BCUT2D eigenvalue weighted by Gasteiger charge is -2.37. The first kappa shape index (κ1) is 9.14. The number of anilines is 1. The van der Waals surface area contributed by atoms with E-state index in [1.807, 2.05) is 23.2 Å². The summed E-state index contributed by atoms with van der Waals surface area (Å²) in [4.78, 5) is 17.0. The highest BCUT2D eigenvalue weighted by atomic mass is 16.4. The Balaban J connectivity index is 1.83. The Hall–Kier alpha value is -2.11. The maximum Gasteiger partial charge on any atom is 0.310 e. The molecule has 0 spiro atoms. The minimum atomic E-state index is -0.735. The van der Waals surface area contributed by atoms with E-state index in [1.165, 1.54) is 0 Å². The van der Waals surface area contributed by atoms with E-state index in [0.717, 1.165) is 11.5 Å². The van der Waals surface area contributed by atoms with E-state index in [9.17, 15) is 4.79 Å². The van der Waals surface area contributed by atoms with Gasteiger partial charge in [-0.05, 0) is 6.07 Å². The summed E-state index contributed by atoms with van der Waals surface area (Å²) in [6.07, 6.45) is 3.51. The van der Waals surface area contributed by atoms with E-state index >= 15 is 0 Å². The first-order valence-electron chi connectivity index (χ1n) is 5.02. The molecule has 0 aromatic carbocycles. The molecule has 1 aliphatic rings. The van der Waals surface area contributed by atoms with Gasteiger partial charge in [-0.1, -0.05) is 0 Å². The van der Waals surface area contributed by atoms with Crippen LogP contribution >= 0.6 is 0 Å². The van der Waals surface area contributed by atoms with Gasteiger partial charge in [-0.25, -0.2) is 9.50 Å². The van der Waals surface area contributed by atoms with Gasteiger partial charge < -0.3 is 10.0 Å². The van der Waals surface area contributed by atoms with Crippen molar-refractivity contribution in [3.05, 3.63) is 24.5 Å². The number of carboxylic acids is 1. The summed E-state index contributed by atoms with van der Waals surface area (Å²) in [5.74, 6) is -0.185. The molecule has 1 N–H and O–H groups in total. The fourth-order valence-electron chi connectivity index (χ4n) is 1.80. The van der Waals surface area contributed by atoms with Crippen molar-refractivity contribution in [1.29, 1.82) is 0 Å². The average molecular weight is 218 g/mol. The number of aliphatic carboxylic acids is 1. The molecule has 0 bridgehead atoms. The van der Waals surface area contributed by atoms with Crippen LogP contribution in [0, 0.1) is 5.92 Å². The number of fused-ring (bicyclic) bond motifs is 1. The smallest absolute Gasteiger partial charge is 0.310 e. The lowest BCUT2D eigenvalue weighted by molar-refractivity contribution is -0.142. The van der Waals surface area contributed by atoms with Crippen LogP contribution in [0.1, 0.15) is 0 Å². The molecule has 0 unspecified atom stereocenters. The fraction of sp³-hybridized carbons (Fsp3) is 0.300. The van der Waals surface area contributed by atoms with Gasteiger partial charge in [0.15, 0.2) is 5.65 Å². The van der Waals surface area contributed by atoms with Crippen molar-refractivity contribution in [2.45, 2.75) is 0 Å². The molecule has 1 aliphatic heterocycles. The third kappa shape index (κ3) is 1.30. The summed E-state index contributed by atoms with van der Waals surface area (Å²) < 4.78 is 1.68. The number of hydrogen-bond acceptors (Lipinski definition) is 4. The van der Waals surface area contributed by atoms with Crippen molar-refractivity contribution in [2.75, 3.05) is 18.0 Å². The minimum absolute atomic E-state index is 0.261. The SMILES string of the molecule is O=C(O)C1CN(c2ccn3nccc3n2)C1. The molecule has 6 nitrogen and oxygen atoms in total. The van der Waals surface area contributed by atoms with Crippen molar-refractivity contribution in [3.63, 3.8) is 0 Å². The fourth-order valence-corrected chi connectivity index (χ4v) is 1.80. The molecular weight excluding hydrogens is 208 g/mol. The number of hydrogen-bond donors (Lipinski definition) is 1. The molecule has 1 fully saturated rings. The van der Waals surface area contributed by atoms with E-state index in [2.05, 4.69) is 10.1 Å². The van der Waals surface area contributed by atoms with Crippen molar-refractivity contribution >= 4 is 17.4 Å². The summed E-state index contributed by atoms with van der Waals surface area (Å²) in [6.45, 7) is 1.07. The van der Waals surface area contributed by atoms with Gasteiger partial charge in [0, 0.05) is 25.4 Å².